The van der Waals surface area contributed by atoms with Gasteiger partial charge in [0.25, 0.3) is 5.91 Å². The van der Waals surface area contributed by atoms with Crippen LogP contribution in [0.15, 0.2) is 42.5 Å². The van der Waals surface area contributed by atoms with Gasteiger partial charge >= 0.3 is 0 Å². The Morgan fingerprint density at radius 1 is 1.22 bits per heavy atom. The zero-order valence-corrected chi connectivity index (χ0v) is 13.6. The number of amides is 1. The molecule has 0 aromatic heterocycles. The van der Waals surface area contributed by atoms with Gasteiger partial charge in [-0.2, -0.15) is 0 Å². The molecule has 1 atom stereocenters. The predicted molar refractivity (Wildman–Crippen MR) is 89.2 cm³/mol. The van der Waals surface area contributed by atoms with Gasteiger partial charge in [-0.05, 0) is 49.7 Å². The Labute approximate surface area is 139 Å². The molecule has 118 valence electrons. The van der Waals surface area contributed by atoms with E-state index in [1.807, 2.05) is 12.1 Å². The number of ether oxygens (including phenoxy) is 1. The van der Waals surface area contributed by atoms with Crippen LogP contribution in [0.1, 0.15) is 29.8 Å². The molecule has 0 aliphatic carbocycles. The monoisotopic (exact) mass is 329 g/mol. The molecule has 0 bridgehead atoms. The van der Waals surface area contributed by atoms with E-state index in [2.05, 4.69) is 0 Å². The molecule has 2 aromatic rings. The maximum Gasteiger partial charge on any atom is 0.268 e. The second-order valence-corrected chi connectivity index (χ2v) is 5.99. The average Bonchev–Trinajstić information content (AvgIpc) is 2.53. The molecule has 1 aliphatic heterocycles. The Bertz CT molecular complexity index is 770. The summed E-state index contributed by atoms with van der Waals surface area (Å²) >= 11 is 5.90. The van der Waals surface area contributed by atoms with E-state index in [9.17, 15) is 9.59 Å². The van der Waals surface area contributed by atoms with Gasteiger partial charge in [0.05, 0.1) is 12.2 Å². The molecule has 23 heavy (non-hydrogen) atoms. The maximum atomic E-state index is 12.5. The highest BCUT2D eigenvalue weighted by Gasteiger charge is 2.31. The highest BCUT2D eigenvalue weighted by Crippen LogP contribution is 2.36. The zero-order valence-electron chi connectivity index (χ0n) is 12.9. The zero-order chi connectivity index (χ0) is 16.6. The van der Waals surface area contributed by atoms with Crippen molar-refractivity contribution in [3.63, 3.8) is 0 Å². The van der Waals surface area contributed by atoms with Gasteiger partial charge in [0.1, 0.15) is 5.75 Å². The summed E-state index contributed by atoms with van der Waals surface area (Å²) in [7, 11) is 0. The van der Waals surface area contributed by atoms with Crippen molar-refractivity contribution in [3.8, 4) is 5.75 Å². The van der Waals surface area contributed by atoms with E-state index < -0.39 is 6.10 Å². The van der Waals surface area contributed by atoms with E-state index in [4.69, 9.17) is 16.3 Å². The summed E-state index contributed by atoms with van der Waals surface area (Å²) in [5.74, 6) is 0.425. The molecule has 1 amide bonds. The molecule has 1 heterocycles. The molecule has 1 unspecified atom stereocenters. The predicted octanol–water partition coefficient (Wildman–Crippen LogP) is 3.86. The lowest BCUT2D eigenvalue weighted by Crippen LogP contribution is -2.44. The summed E-state index contributed by atoms with van der Waals surface area (Å²) in [6, 6.07) is 12.5. The Hall–Kier alpha value is -2.33. The standard InChI is InChI=1S/C18H16ClNO3/c1-11(21)14-5-8-17-16(9-14)20(18(22)12(2)23-17)10-13-3-6-15(19)7-4-13/h3-9,12H,10H2,1-2H3. The fraction of sp³-hybridized carbons (Fsp3) is 0.222. The van der Waals surface area contributed by atoms with Crippen molar-refractivity contribution in [2.45, 2.75) is 26.5 Å². The van der Waals surface area contributed by atoms with E-state index in [0.29, 0.717) is 28.6 Å². The minimum absolute atomic E-state index is 0.0506. The molecule has 1 aliphatic rings. The molecule has 5 heteroatoms. The first-order valence-corrected chi connectivity index (χ1v) is 7.71. The Balaban J connectivity index is 2.01. The van der Waals surface area contributed by atoms with Gasteiger partial charge in [-0.25, -0.2) is 0 Å². The Morgan fingerprint density at radius 2 is 1.91 bits per heavy atom. The number of carbonyl (C=O) groups is 2. The van der Waals surface area contributed by atoms with Crippen LogP contribution in [0.3, 0.4) is 0 Å². The van der Waals surface area contributed by atoms with Crippen molar-refractivity contribution in [3.05, 3.63) is 58.6 Å². The highest BCUT2D eigenvalue weighted by atomic mass is 35.5. The highest BCUT2D eigenvalue weighted by molar-refractivity contribution is 6.30. The maximum absolute atomic E-state index is 12.5. The average molecular weight is 330 g/mol. The summed E-state index contributed by atoms with van der Waals surface area (Å²) in [6.45, 7) is 3.62. The molecule has 0 saturated heterocycles. The Morgan fingerprint density at radius 3 is 2.57 bits per heavy atom. The summed E-state index contributed by atoms with van der Waals surface area (Å²) in [6.07, 6.45) is -0.557. The lowest BCUT2D eigenvalue weighted by molar-refractivity contribution is -0.125. The molecule has 0 saturated carbocycles. The number of fused-ring (bicyclic) bond motifs is 1. The van der Waals surface area contributed by atoms with Crippen LogP contribution < -0.4 is 9.64 Å². The number of hydrogen-bond acceptors (Lipinski definition) is 3. The van der Waals surface area contributed by atoms with E-state index in [0.717, 1.165) is 5.56 Å². The van der Waals surface area contributed by atoms with Crippen molar-refractivity contribution in [2.75, 3.05) is 4.90 Å². The van der Waals surface area contributed by atoms with Gasteiger partial charge in [0, 0.05) is 10.6 Å². The molecule has 3 rings (SSSR count). The number of benzene rings is 2. The van der Waals surface area contributed by atoms with Gasteiger partial charge in [-0.15, -0.1) is 0 Å². The van der Waals surface area contributed by atoms with Gasteiger partial charge in [0.2, 0.25) is 0 Å². The van der Waals surface area contributed by atoms with Crippen LogP contribution in [0, 0.1) is 0 Å². The summed E-state index contributed by atoms with van der Waals surface area (Å²) in [4.78, 5) is 25.8. The van der Waals surface area contributed by atoms with Crippen LogP contribution in [-0.4, -0.2) is 17.8 Å². The fourth-order valence-corrected chi connectivity index (χ4v) is 2.69. The SMILES string of the molecule is CC(=O)c1ccc2c(c1)N(Cc1ccc(Cl)cc1)C(=O)C(C)O2. The molecule has 0 fully saturated rings. The van der Waals surface area contributed by atoms with Crippen LogP contribution >= 0.6 is 11.6 Å². The fourth-order valence-electron chi connectivity index (χ4n) is 2.56. The van der Waals surface area contributed by atoms with Crippen LogP contribution in [0.25, 0.3) is 0 Å². The van der Waals surface area contributed by atoms with E-state index in [1.54, 1.807) is 42.2 Å². The molecular formula is C18H16ClNO3. The van der Waals surface area contributed by atoms with Gasteiger partial charge in [0.15, 0.2) is 11.9 Å². The number of anilines is 1. The molecule has 0 spiro atoms. The molecule has 0 radical (unpaired) electrons. The summed E-state index contributed by atoms with van der Waals surface area (Å²) < 4.78 is 5.64. The van der Waals surface area contributed by atoms with Crippen molar-refractivity contribution < 1.29 is 14.3 Å². The number of ketones is 1. The van der Waals surface area contributed by atoms with Crippen molar-refractivity contribution >= 4 is 29.0 Å². The number of hydrogen-bond donors (Lipinski definition) is 0. The van der Waals surface area contributed by atoms with Gasteiger partial charge in [-0.3, -0.25) is 9.59 Å². The quantitative estimate of drug-likeness (QED) is 0.803. The Kier molecular flexibility index (Phi) is 4.09. The van der Waals surface area contributed by atoms with Crippen LogP contribution in [0.4, 0.5) is 5.69 Å². The van der Waals surface area contributed by atoms with Crippen LogP contribution in [0.2, 0.25) is 5.02 Å². The van der Waals surface area contributed by atoms with Gasteiger partial charge < -0.3 is 9.64 Å². The first-order valence-electron chi connectivity index (χ1n) is 7.33. The number of Topliss-reactive ketones (excluding diaryl/α,β-unsaturated/α-hetero) is 1. The number of halogens is 1. The number of carbonyl (C=O) groups excluding carboxylic acids is 2. The third-order valence-corrected chi connectivity index (χ3v) is 4.08. The van der Waals surface area contributed by atoms with Crippen LogP contribution in [-0.2, 0) is 11.3 Å². The van der Waals surface area contributed by atoms with Crippen molar-refractivity contribution in [1.82, 2.24) is 0 Å². The third-order valence-electron chi connectivity index (χ3n) is 3.83. The minimum atomic E-state index is -0.557. The van der Waals surface area contributed by atoms with Crippen LogP contribution in [0.5, 0.6) is 5.75 Å². The van der Waals surface area contributed by atoms with Gasteiger partial charge in [-0.1, -0.05) is 23.7 Å². The van der Waals surface area contributed by atoms with E-state index >= 15 is 0 Å². The van der Waals surface area contributed by atoms with E-state index in [1.165, 1.54) is 6.92 Å². The normalized spacial score (nSPS) is 16.7. The second-order valence-electron chi connectivity index (χ2n) is 5.55. The largest absolute Gasteiger partial charge is 0.479 e. The molecule has 2 aromatic carbocycles. The minimum Gasteiger partial charge on any atom is -0.479 e. The van der Waals surface area contributed by atoms with E-state index in [-0.39, 0.29) is 11.7 Å². The molecule has 4 nitrogen and oxygen atoms in total. The van der Waals surface area contributed by atoms with Crippen molar-refractivity contribution in [1.29, 1.82) is 0 Å². The number of nitrogens with zero attached hydrogens (tertiary/aromatic N) is 1. The van der Waals surface area contributed by atoms with Crippen molar-refractivity contribution in [2.24, 2.45) is 0 Å². The summed E-state index contributed by atoms with van der Waals surface area (Å²) in [5.41, 5.74) is 2.13. The lowest BCUT2D eigenvalue weighted by Gasteiger charge is -2.33. The first kappa shape index (κ1) is 15.6. The molecular weight excluding hydrogens is 314 g/mol. The topological polar surface area (TPSA) is 46.6 Å². The third kappa shape index (κ3) is 3.08. The first-order chi connectivity index (χ1) is 11.0. The molecule has 0 N–H and O–H groups in total. The smallest absolute Gasteiger partial charge is 0.268 e. The number of rotatable bonds is 3. The summed E-state index contributed by atoms with van der Waals surface area (Å²) in [5, 5.41) is 0.648. The lowest BCUT2D eigenvalue weighted by atomic mass is 10.1. The second kappa shape index (κ2) is 6.05.